The highest BCUT2D eigenvalue weighted by molar-refractivity contribution is 7.19. The first-order valence-corrected chi connectivity index (χ1v) is 10.0. The van der Waals surface area contributed by atoms with Gasteiger partial charge in [-0.1, -0.05) is 12.1 Å². The van der Waals surface area contributed by atoms with Crippen molar-refractivity contribution in [2.75, 3.05) is 0 Å². The Hall–Kier alpha value is -3.74. The quantitative estimate of drug-likeness (QED) is 0.364. The van der Waals surface area contributed by atoms with Crippen molar-refractivity contribution >= 4 is 33.8 Å². The lowest BCUT2D eigenvalue weighted by Gasteiger charge is -2.10. The van der Waals surface area contributed by atoms with Gasteiger partial charge in [0.15, 0.2) is 5.65 Å². The van der Waals surface area contributed by atoms with Gasteiger partial charge in [0.05, 0.1) is 16.6 Å². The lowest BCUT2D eigenvalue weighted by atomic mass is 10.2. The summed E-state index contributed by atoms with van der Waals surface area (Å²) in [5.74, 6) is -0.765. The van der Waals surface area contributed by atoms with Crippen molar-refractivity contribution in [1.82, 2.24) is 30.3 Å². The minimum atomic E-state index is -4.76. The molecule has 0 aliphatic carbocycles. The van der Waals surface area contributed by atoms with E-state index in [1.54, 1.807) is 17.8 Å². The smallest absolute Gasteiger partial charge is 0.406 e. The molecule has 0 aliphatic rings. The Morgan fingerprint density at radius 3 is 2.72 bits per heavy atom. The number of carbonyl (C=O) groups is 1. The summed E-state index contributed by atoms with van der Waals surface area (Å²) in [4.78, 5) is 17.4. The topological polar surface area (TPSA) is 122 Å². The van der Waals surface area contributed by atoms with Gasteiger partial charge in [0, 0.05) is 31.8 Å². The standard InChI is InChI=1S/C19H16F3N7O2S/c1-29-15(18(30)24-8-10-2-4-12(5-3-10)31-19(20,21)22)13(7-23)16-17(29)26-14(32-16)6-11-9-25-28-27-11/h2-5,7,9,23H,6,8H2,1H3,(H,24,30)(H,25,27,28). The molecule has 166 valence electrons. The Morgan fingerprint density at radius 2 is 2.09 bits per heavy atom. The van der Waals surface area contributed by atoms with E-state index in [2.05, 4.69) is 30.4 Å². The van der Waals surface area contributed by atoms with E-state index in [1.807, 2.05) is 0 Å². The van der Waals surface area contributed by atoms with Gasteiger partial charge in [0.2, 0.25) is 0 Å². The predicted octanol–water partition coefficient (Wildman–Crippen LogP) is 3.17. The fourth-order valence-electron chi connectivity index (χ4n) is 3.18. The molecule has 32 heavy (non-hydrogen) atoms. The van der Waals surface area contributed by atoms with E-state index in [-0.39, 0.29) is 18.0 Å². The summed E-state index contributed by atoms with van der Waals surface area (Å²) >= 11 is 1.37. The summed E-state index contributed by atoms with van der Waals surface area (Å²) in [5, 5.41) is 21.6. The highest BCUT2D eigenvalue weighted by atomic mass is 32.1. The Morgan fingerprint density at radius 1 is 1.34 bits per heavy atom. The number of aromatic nitrogens is 5. The molecule has 0 saturated carbocycles. The van der Waals surface area contributed by atoms with Crippen molar-refractivity contribution in [2.24, 2.45) is 7.05 Å². The molecule has 0 atom stereocenters. The number of benzene rings is 1. The number of fused-ring (bicyclic) bond motifs is 1. The zero-order chi connectivity index (χ0) is 22.9. The molecule has 3 N–H and O–H groups in total. The second-order valence-electron chi connectivity index (χ2n) is 6.74. The molecule has 0 aliphatic heterocycles. The van der Waals surface area contributed by atoms with Gasteiger partial charge in [0.25, 0.3) is 5.91 Å². The van der Waals surface area contributed by atoms with Crippen LogP contribution in [0.1, 0.15) is 32.3 Å². The van der Waals surface area contributed by atoms with Crippen LogP contribution in [0.2, 0.25) is 0 Å². The molecule has 0 radical (unpaired) electrons. The Kier molecular flexibility index (Phi) is 5.65. The van der Waals surface area contributed by atoms with Gasteiger partial charge in [-0.15, -0.1) is 24.5 Å². The molecule has 0 spiro atoms. The average molecular weight is 463 g/mol. The summed E-state index contributed by atoms with van der Waals surface area (Å²) in [6.07, 6.45) is -1.58. The van der Waals surface area contributed by atoms with Crippen LogP contribution in [0.15, 0.2) is 30.5 Å². The van der Waals surface area contributed by atoms with Crippen LogP contribution in [-0.4, -0.2) is 43.4 Å². The van der Waals surface area contributed by atoms with Gasteiger partial charge in [-0.05, 0) is 17.7 Å². The van der Waals surface area contributed by atoms with Crippen LogP contribution in [-0.2, 0) is 20.0 Å². The lowest BCUT2D eigenvalue weighted by molar-refractivity contribution is -0.274. The van der Waals surface area contributed by atoms with E-state index in [4.69, 9.17) is 5.41 Å². The van der Waals surface area contributed by atoms with Crippen LogP contribution < -0.4 is 10.1 Å². The van der Waals surface area contributed by atoms with Crippen molar-refractivity contribution in [3.05, 3.63) is 58.0 Å². The predicted molar refractivity (Wildman–Crippen MR) is 110 cm³/mol. The molecule has 13 heteroatoms. The van der Waals surface area contributed by atoms with Crippen molar-refractivity contribution in [2.45, 2.75) is 19.3 Å². The van der Waals surface area contributed by atoms with Gasteiger partial charge >= 0.3 is 6.36 Å². The number of nitrogens with one attached hydrogen (secondary N) is 3. The van der Waals surface area contributed by atoms with E-state index in [0.29, 0.717) is 27.9 Å². The van der Waals surface area contributed by atoms with Gasteiger partial charge in [-0.3, -0.25) is 4.79 Å². The molecule has 4 rings (SSSR count). The van der Waals surface area contributed by atoms with Crippen molar-refractivity contribution < 1.29 is 22.7 Å². The van der Waals surface area contributed by atoms with Crippen LogP contribution in [0, 0.1) is 5.41 Å². The van der Waals surface area contributed by atoms with Crippen LogP contribution >= 0.6 is 11.3 Å². The lowest BCUT2D eigenvalue weighted by Crippen LogP contribution is -2.26. The molecule has 0 unspecified atom stereocenters. The highest BCUT2D eigenvalue weighted by Gasteiger charge is 2.31. The molecule has 0 fully saturated rings. The zero-order valence-corrected chi connectivity index (χ0v) is 17.3. The zero-order valence-electron chi connectivity index (χ0n) is 16.5. The molecule has 1 aromatic carbocycles. The molecular formula is C19H16F3N7O2S. The SMILES string of the molecule is Cn1c(C(=O)NCc2ccc(OC(F)(F)F)cc2)c(C=N)c2sc(Cc3cn[nH]n3)nc21. The average Bonchev–Trinajstić information content (AvgIpc) is 3.44. The number of aromatic amines is 1. The largest absolute Gasteiger partial charge is 0.573 e. The molecule has 3 heterocycles. The molecule has 9 nitrogen and oxygen atoms in total. The summed E-state index contributed by atoms with van der Waals surface area (Å²) in [6.45, 7) is 0.0895. The number of amides is 1. The van der Waals surface area contributed by atoms with Gasteiger partial charge in [-0.25, -0.2) is 4.98 Å². The van der Waals surface area contributed by atoms with Gasteiger partial charge in [0.1, 0.15) is 16.5 Å². The van der Waals surface area contributed by atoms with E-state index < -0.39 is 12.3 Å². The molecular weight excluding hydrogens is 447 g/mol. The number of hydrogen-bond donors (Lipinski definition) is 3. The van der Waals surface area contributed by atoms with Crippen LogP contribution in [0.3, 0.4) is 0 Å². The van der Waals surface area contributed by atoms with Crippen molar-refractivity contribution in [3.8, 4) is 5.75 Å². The summed E-state index contributed by atoms with van der Waals surface area (Å²) in [7, 11) is 1.69. The molecule has 3 aromatic heterocycles. The minimum Gasteiger partial charge on any atom is -0.406 e. The van der Waals surface area contributed by atoms with Crippen LogP contribution in [0.4, 0.5) is 13.2 Å². The Balaban J connectivity index is 1.50. The summed E-state index contributed by atoms with van der Waals surface area (Å²) in [6, 6.07) is 5.22. The number of hydrogen-bond acceptors (Lipinski definition) is 7. The third-order valence-electron chi connectivity index (χ3n) is 4.57. The molecule has 4 aromatic rings. The number of ether oxygens (including phenoxy) is 1. The summed E-state index contributed by atoms with van der Waals surface area (Å²) < 4.78 is 42.9. The maximum atomic E-state index is 12.8. The number of alkyl halides is 3. The second kappa shape index (κ2) is 8.42. The van der Waals surface area contributed by atoms with E-state index in [1.165, 1.54) is 35.6 Å². The summed E-state index contributed by atoms with van der Waals surface area (Å²) in [5.41, 5.74) is 2.61. The first-order chi connectivity index (χ1) is 15.2. The number of aryl methyl sites for hydroxylation is 1. The van der Waals surface area contributed by atoms with Gasteiger partial charge < -0.3 is 20.0 Å². The van der Waals surface area contributed by atoms with Crippen molar-refractivity contribution in [1.29, 1.82) is 5.41 Å². The van der Waals surface area contributed by atoms with Crippen LogP contribution in [0.25, 0.3) is 10.3 Å². The third kappa shape index (κ3) is 4.46. The monoisotopic (exact) mass is 463 g/mol. The van der Waals surface area contributed by atoms with E-state index in [9.17, 15) is 18.0 Å². The molecule has 0 bridgehead atoms. The van der Waals surface area contributed by atoms with Crippen LogP contribution in [0.5, 0.6) is 5.75 Å². The number of carbonyl (C=O) groups excluding carboxylic acids is 1. The number of nitrogens with zero attached hydrogens (tertiary/aromatic N) is 4. The normalized spacial score (nSPS) is 11.6. The number of thiazole rings is 1. The minimum absolute atomic E-state index is 0.0895. The van der Waals surface area contributed by atoms with E-state index in [0.717, 1.165) is 16.9 Å². The third-order valence-corrected chi connectivity index (χ3v) is 5.65. The fourth-order valence-corrected chi connectivity index (χ4v) is 4.30. The maximum Gasteiger partial charge on any atom is 0.573 e. The van der Waals surface area contributed by atoms with Gasteiger partial charge in [-0.2, -0.15) is 15.4 Å². The molecule has 0 saturated heterocycles. The first-order valence-electron chi connectivity index (χ1n) is 9.21. The van der Waals surface area contributed by atoms with Crippen molar-refractivity contribution in [3.63, 3.8) is 0 Å². The Labute approximate surface area is 182 Å². The van der Waals surface area contributed by atoms with E-state index >= 15 is 0 Å². The highest BCUT2D eigenvalue weighted by Crippen LogP contribution is 2.30. The number of rotatable bonds is 7. The second-order valence-corrected chi connectivity index (χ2v) is 7.82. The number of H-pyrrole nitrogens is 1. The fraction of sp³-hybridized carbons (Fsp3) is 0.211. The Bertz CT molecular complexity index is 1260. The maximum absolute atomic E-state index is 12.8. The molecule has 1 amide bonds. The number of halogens is 3. The first kappa shape index (κ1) is 21.5.